The van der Waals surface area contributed by atoms with Crippen LogP contribution in [0.1, 0.15) is 88.6 Å². The summed E-state index contributed by atoms with van der Waals surface area (Å²) in [6, 6.07) is 7.97. The van der Waals surface area contributed by atoms with Gasteiger partial charge >= 0.3 is 0 Å². The zero-order valence-electron chi connectivity index (χ0n) is 16.3. The SMILES string of the molecule is CCCCCCC[C@H]1OC(C)(C)O[C@@H]1Cc1ccc(C(=O)CC)cc1. The van der Waals surface area contributed by atoms with Crippen molar-refractivity contribution in [2.24, 2.45) is 0 Å². The van der Waals surface area contributed by atoms with Crippen molar-refractivity contribution in [1.29, 1.82) is 0 Å². The molecule has 0 aliphatic carbocycles. The standard InChI is InChI=1S/C22H34O3/c1-5-7-8-9-10-11-20-21(25-22(3,4)24-20)16-17-12-14-18(15-13-17)19(23)6-2/h12-15,20-21H,5-11,16H2,1-4H3/t20-,21-/m1/s1. The lowest BCUT2D eigenvalue weighted by Crippen LogP contribution is -2.25. The quantitative estimate of drug-likeness (QED) is 0.402. The Morgan fingerprint density at radius 3 is 2.24 bits per heavy atom. The van der Waals surface area contributed by atoms with Gasteiger partial charge in [0.1, 0.15) is 0 Å². The number of rotatable bonds is 10. The first kappa shape index (κ1) is 20.1. The largest absolute Gasteiger partial charge is 0.345 e. The molecule has 0 amide bonds. The number of benzene rings is 1. The van der Waals surface area contributed by atoms with E-state index in [2.05, 4.69) is 19.1 Å². The van der Waals surface area contributed by atoms with Crippen molar-refractivity contribution >= 4 is 5.78 Å². The molecule has 0 unspecified atom stereocenters. The Labute approximate surface area is 153 Å². The number of unbranched alkanes of at least 4 members (excludes halogenated alkanes) is 4. The van der Waals surface area contributed by atoms with E-state index >= 15 is 0 Å². The number of ether oxygens (including phenoxy) is 2. The molecule has 0 spiro atoms. The van der Waals surface area contributed by atoms with Gasteiger partial charge in [-0.15, -0.1) is 0 Å². The van der Waals surface area contributed by atoms with E-state index in [9.17, 15) is 4.79 Å². The van der Waals surface area contributed by atoms with Crippen LogP contribution in [-0.4, -0.2) is 23.8 Å². The van der Waals surface area contributed by atoms with Crippen LogP contribution in [0.15, 0.2) is 24.3 Å². The predicted octanol–water partition coefficient (Wildman–Crippen LogP) is 5.70. The molecule has 2 rings (SSSR count). The average Bonchev–Trinajstić information content (AvgIpc) is 2.88. The molecule has 140 valence electrons. The van der Waals surface area contributed by atoms with E-state index in [1.165, 1.54) is 37.7 Å². The molecule has 0 aromatic heterocycles. The highest BCUT2D eigenvalue weighted by Gasteiger charge is 2.40. The Balaban J connectivity index is 1.91. The average molecular weight is 347 g/mol. The summed E-state index contributed by atoms with van der Waals surface area (Å²) in [5.41, 5.74) is 2.00. The smallest absolute Gasteiger partial charge is 0.163 e. The summed E-state index contributed by atoms with van der Waals surface area (Å²) in [7, 11) is 0. The zero-order chi connectivity index (χ0) is 18.3. The first-order valence-corrected chi connectivity index (χ1v) is 9.93. The molecule has 0 bridgehead atoms. The van der Waals surface area contributed by atoms with Gasteiger partial charge in [-0.05, 0) is 25.8 Å². The molecule has 25 heavy (non-hydrogen) atoms. The molecule has 3 nitrogen and oxygen atoms in total. The minimum atomic E-state index is -0.503. The molecule has 1 heterocycles. The first-order valence-electron chi connectivity index (χ1n) is 9.93. The van der Waals surface area contributed by atoms with Crippen LogP contribution in [-0.2, 0) is 15.9 Å². The van der Waals surface area contributed by atoms with Gasteiger partial charge in [-0.2, -0.15) is 0 Å². The van der Waals surface area contributed by atoms with Crippen LogP contribution in [0.4, 0.5) is 0 Å². The van der Waals surface area contributed by atoms with Crippen molar-refractivity contribution in [3.8, 4) is 0 Å². The monoisotopic (exact) mass is 346 g/mol. The lowest BCUT2D eigenvalue weighted by Gasteiger charge is -2.17. The van der Waals surface area contributed by atoms with Gasteiger partial charge in [0, 0.05) is 18.4 Å². The number of Topliss-reactive ketones (excluding diaryl/α,β-unsaturated/α-hetero) is 1. The highest BCUT2D eigenvalue weighted by molar-refractivity contribution is 5.95. The lowest BCUT2D eigenvalue weighted by atomic mass is 9.98. The zero-order valence-corrected chi connectivity index (χ0v) is 16.3. The van der Waals surface area contributed by atoms with E-state index in [0.29, 0.717) is 6.42 Å². The summed E-state index contributed by atoms with van der Waals surface area (Å²) in [4.78, 5) is 11.8. The minimum absolute atomic E-state index is 0.0916. The summed E-state index contributed by atoms with van der Waals surface area (Å²) in [5.74, 6) is -0.310. The Hall–Kier alpha value is -1.19. The number of ketones is 1. The van der Waals surface area contributed by atoms with Crippen LogP contribution in [0.2, 0.25) is 0 Å². The summed E-state index contributed by atoms with van der Waals surface area (Å²) in [6.45, 7) is 8.14. The molecule has 0 saturated carbocycles. The molecule has 0 radical (unpaired) electrons. The van der Waals surface area contributed by atoms with Crippen molar-refractivity contribution in [3.05, 3.63) is 35.4 Å². The van der Waals surface area contributed by atoms with Gasteiger partial charge in [-0.1, -0.05) is 70.2 Å². The molecular weight excluding hydrogens is 312 g/mol. The van der Waals surface area contributed by atoms with E-state index in [1.54, 1.807) is 0 Å². The molecule has 0 N–H and O–H groups in total. The van der Waals surface area contributed by atoms with E-state index in [-0.39, 0.29) is 18.0 Å². The fourth-order valence-electron chi connectivity index (χ4n) is 3.54. The van der Waals surface area contributed by atoms with Crippen molar-refractivity contribution in [1.82, 2.24) is 0 Å². The Bertz CT molecular complexity index is 533. The second-order valence-electron chi connectivity index (χ2n) is 7.59. The fraction of sp³-hybridized carbons (Fsp3) is 0.682. The minimum Gasteiger partial charge on any atom is -0.345 e. The van der Waals surface area contributed by atoms with Crippen LogP contribution >= 0.6 is 0 Å². The van der Waals surface area contributed by atoms with Gasteiger partial charge in [0.25, 0.3) is 0 Å². The summed E-state index contributed by atoms with van der Waals surface area (Å²) in [6.07, 6.45) is 9.07. The van der Waals surface area contributed by atoms with E-state index in [4.69, 9.17) is 9.47 Å². The number of hydrogen-bond donors (Lipinski definition) is 0. The highest BCUT2D eigenvalue weighted by atomic mass is 16.7. The summed E-state index contributed by atoms with van der Waals surface area (Å²) >= 11 is 0. The van der Waals surface area contributed by atoms with Crippen molar-refractivity contribution in [2.75, 3.05) is 0 Å². The molecule has 1 aliphatic rings. The Morgan fingerprint density at radius 2 is 1.60 bits per heavy atom. The van der Waals surface area contributed by atoms with Crippen LogP contribution in [0.25, 0.3) is 0 Å². The van der Waals surface area contributed by atoms with E-state index < -0.39 is 5.79 Å². The second-order valence-corrected chi connectivity index (χ2v) is 7.59. The molecule has 2 atom stereocenters. The maximum atomic E-state index is 11.8. The van der Waals surface area contributed by atoms with Gasteiger partial charge < -0.3 is 9.47 Å². The molecule has 3 heteroatoms. The fourth-order valence-corrected chi connectivity index (χ4v) is 3.54. The van der Waals surface area contributed by atoms with Crippen molar-refractivity contribution in [2.45, 2.75) is 97.1 Å². The van der Waals surface area contributed by atoms with Crippen molar-refractivity contribution in [3.63, 3.8) is 0 Å². The van der Waals surface area contributed by atoms with Gasteiger partial charge in [0.05, 0.1) is 12.2 Å². The third-order valence-corrected chi connectivity index (χ3v) is 4.91. The molecular formula is C22H34O3. The van der Waals surface area contributed by atoms with Crippen LogP contribution in [0.3, 0.4) is 0 Å². The predicted molar refractivity (Wildman–Crippen MR) is 102 cm³/mol. The second kappa shape index (κ2) is 9.49. The highest BCUT2D eigenvalue weighted by Crippen LogP contribution is 2.33. The molecule has 1 aromatic carbocycles. The van der Waals surface area contributed by atoms with Crippen molar-refractivity contribution < 1.29 is 14.3 Å². The number of carbonyl (C=O) groups is 1. The first-order chi connectivity index (χ1) is 11.9. The summed E-state index contributed by atoms with van der Waals surface area (Å²) < 4.78 is 12.3. The van der Waals surface area contributed by atoms with Crippen LogP contribution < -0.4 is 0 Å². The Morgan fingerprint density at radius 1 is 0.960 bits per heavy atom. The maximum absolute atomic E-state index is 11.8. The van der Waals surface area contributed by atoms with Crippen LogP contribution in [0, 0.1) is 0 Å². The lowest BCUT2D eigenvalue weighted by molar-refractivity contribution is -0.146. The van der Waals surface area contributed by atoms with Gasteiger partial charge in [0.2, 0.25) is 0 Å². The van der Waals surface area contributed by atoms with Gasteiger partial charge in [-0.3, -0.25) is 4.79 Å². The summed E-state index contributed by atoms with van der Waals surface area (Å²) in [5, 5.41) is 0. The normalized spacial score (nSPS) is 22.2. The number of hydrogen-bond acceptors (Lipinski definition) is 3. The van der Waals surface area contributed by atoms with Gasteiger partial charge in [0.15, 0.2) is 11.6 Å². The third kappa shape index (κ3) is 6.23. The van der Waals surface area contributed by atoms with Crippen LogP contribution in [0.5, 0.6) is 0 Å². The van der Waals surface area contributed by atoms with E-state index in [1.807, 2.05) is 32.9 Å². The molecule has 1 fully saturated rings. The third-order valence-electron chi connectivity index (χ3n) is 4.91. The molecule has 1 aliphatic heterocycles. The molecule has 1 saturated heterocycles. The van der Waals surface area contributed by atoms with Gasteiger partial charge in [-0.25, -0.2) is 0 Å². The maximum Gasteiger partial charge on any atom is 0.163 e. The number of carbonyl (C=O) groups excluding carboxylic acids is 1. The Kier molecular flexibility index (Phi) is 7.64. The molecule has 1 aromatic rings. The topological polar surface area (TPSA) is 35.5 Å². The van der Waals surface area contributed by atoms with E-state index in [0.717, 1.165) is 18.4 Å².